The van der Waals surface area contributed by atoms with Gasteiger partial charge in [0.2, 0.25) is 0 Å². The van der Waals surface area contributed by atoms with Gasteiger partial charge in [-0.15, -0.1) is 0 Å². The first-order valence-corrected chi connectivity index (χ1v) is 11.6. The largest absolute Gasteiger partial charge is 0.348 e. The highest BCUT2D eigenvalue weighted by Gasteiger charge is 2.31. The lowest BCUT2D eigenvalue weighted by atomic mass is 9.69. The highest BCUT2D eigenvalue weighted by Crippen LogP contribution is 2.42. The van der Waals surface area contributed by atoms with Crippen molar-refractivity contribution >= 4 is 0 Å². The number of hydrogen-bond acceptors (Lipinski definition) is 2. The van der Waals surface area contributed by atoms with Gasteiger partial charge in [-0.05, 0) is 81.1 Å². The van der Waals surface area contributed by atoms with Gasteiger partial charge in [0.1, 0.15) is 5.83 Å². The molecule has 2 nitrogen and oxygen atoms in total. The van der Waals surface area contributed by atoms with E-state index in [1.807, 2.05) is 0 Å². The highest BCUT2D eigenvalue weighted by molar-refractivity contribution is 5.27. The van der Waals surface area contributed by atoms with Crippen LogP contribution in [0.15, 0.2) is 36.2 Å². The summed E-state index contributed by atoms with van der Waals surface area (Å²) in [5.74, 6) is 2.54. The van der Waals surface area contributed by atoms with Crippen molar-refractivity contribution in [2.24, 2.45) is 29.6 Å². The molecular formula is C25H38F2O2. The minimum absolute atomic E-state index is 0.0872. The molecule has 2 saturated carbocycles. The third-order valence-corrected chi connectivity index (χ3v) is 7.12. The number of halogens is 2. The van der Waals surface area contributed by atoms with Crippen molar-refractivity contribution in [1.29, 1.82) is 0 Å². The molecule has 0 amide bonds. The molecule has 3 aliphatic rings. The average Bonchev–Trinajstić information content (AvgIpc) is 2.75. The van der Waals surface area contributed by atoms with E-state index in [4.69, 9.17) is 9.47 Å². The molecule has 0 N–H and O–H groups in total. The summed E-state index contributed by atoms with van der Waals surface area (Å²) in [7, 11) is 0. The summed E-state index contributed by atoms with van der Waals surface area (Å²) in [5, 5.41) is 0. The Balaban J connectivity index is 1.46. The van der Waals surface area contributed by atoms with Gasteiger partial charge in [-0.2, -0.15) is 0 Å². The van der Waals surface area contributed by atoms with Gasteiger partial charge in [0.05, 0.1) is 19.9 Å². The van der Waals surface area contributed by atoms with Crippen molar-refractivity contribution < 1.29 is 18.3 Å². The predicted molar refractivity (Wildman–Crippen MR) is 114 cm³/mol. The maximum absolute atomic E-state index is 14.8. The zero-order valence-corrected chi connectivity index (χ0v) is 18.0. The second-order valence-electron chi connectivity index (χ2n) is 9.52. The molecule has 0 spiro atoms. The smallest absolute Gasteiger partial charge is 0.183 e. The zero-order valence-electron chi connectivity index (χ0n) is 18.0. The molecule has 3 rings (SSSR count). The highest BCUT2D eigenvalue weighted by atomic mass is 19.1. The third-order valence-electron chi connectivity index (χ3n) is 7.12. The van der Waals surface area contributed by atoms with E-state index < -0.39 is 6.29 Å². The van der Waals surface area contributed by atoms with E-state index in [0.29, 0.717) is 43.0 Å². The molecule has 1 heterocycles. The Morgan fingerprint density at radius 2 is 1.48 bits per heavy atom. The van der Waals surface area contributed by atoms with Crippen LogP contribution < -0.4 is 0 Å². The summed E-state index contributed by atoms with van der Waals surface area (Å²) in [6.45, 7) is 6.92. The zero-order chi connectivity index (χ0) is 20.6. The Morgan fingerprint density at radius 1 is 0.931 bits per heavy atom. The fourth-order valence-corrected chi connectivity index (χ4v) is 5.32. The van der Waals surface area contributed by atoms with E-state index in [1.54, 1.807) is 18.2 Å². The predicted octanol–water partition coefficient (Wildman–Crippen LogP) is 6.93. The molecular weight excluding hydrogens is 370 g/mol. The van der Waals surface area contributed by atoms with Crippen LogP contribution in [0.3, 0.4) is 0 Å². The molecule has 0 aromatic heterocycles. The van der Waals surface area contributed by atoms with Crippen molar-refractivity contribution in [2.45, 2.75) is 71.0 Å². The van der Waals surface area contributed by atoms with E-state index in [2.05, 4.69) is 13.5 Å². The standard InChI is InChI=1S/C25H38F2O2/c1-3-4-23(25-28-16-18(2)17-29-25)14-24(27)13-19-5-9-21(10-6-19)22-11-7-20(15-26)8-12-22/h3-4,14,18-22,25H,1,5-13,15-17H2,2H3/b23-4+,24-14+. The second-order valence-corrected chi connectivity index (χ2v) is 9.52. The van der Waals surface area contributed by atoms with Gasteiger partial charge in [-0.25, -0.2) is 4.39 Å². The second kappa shape index (κ2) is 11.4. The molecule has 3 fully saturated rings. The molecule has 1 saturated heterocycles. The van der Waals surface area contributed by atoms with Crippen molar-refractivity contribution in [1.82, 2.24) is 0 Å². The van der Waals surface area contributed by atoms with E-state index in [9.17, 15) is 8.78 Å². The molecule has 0 atom stereocenters. The van der Waals surface area contributed by atoms with E-state index in [0.717, 1.165) is 37.5 Å². The molecule has 0 aromatic rings. The van der Waals surface area contributed by atoms with Crippen LogP contribution >= 0.6 is 0 Å². The summed E-state index contributed by atoms with van der Waals surface area (Å²) in [5.41, 5.74) is 0.711. The van der Waals surface area contributed by atoms with Gasteiger partial charge in [0.25, 0.3) is 0 Å². The molecule has 2 aliphatic carbocycles. The van der Waals surface area contributed by atoms with Crippen LogP contribution in [0.1, 0.15) is 64.7 Å². The Labute approximate surface area is 175 Å². The Morgan fingerprint density at radius 3 is 2.00 bits per heavy atom. The average molecular weight is 409 g/mol. The Kier molecular flexibility index (Phi) is 8.92. The lowest BCUT2D eigenvalue weighted by Crippen LogP contribution is -2.31. The summed E-state index contributed by atoms with van der Waals surface area (Å²) in [6.07, 6.45) is 14.1. The van der Waals surface area contributed by atoms with Crippen LogP contribution in [0.5, 0.6) is 0 Å². The summed E-state index contributed by atoms with van der Waals surface area (Å²) in [4.78, 5) is 0. The maximum atomic E-state index is 14.8. The van der Waals surface area contributed by atoms with Gasteiger partial charge < -0.3 is 9.47 Å². The molecule has 164 valence electrons. The van der Waals surface area contributed by atoms with E-state index in [1.165, 1.54) is 25.7 Å². The van der Waals surface area contributed by atoms with Crippen LogP contribution in [-0.4, -0.2) is 26.2 Å². The summed E-state index contributed by atoms with van der Waals surface area (Å²) < 4.78 is 39.0. The molecule has 4 heteroatoms. The molecule has 0 unspecified atom stereocenters. The van der Waals surface area contributed by atoms with Crippen LogP contribution in [0, 0.1) is 29.6 Å². The van der Waals surface area contributed by atoms with Gasteiger partial charge in [-0.1, -0.05) is 25.7 Å². The van der Waals surface area contributed by atoms with E-state index >= 15 is 0 Å². The number of allylic oxidation sites excluding steroid dienone is 3. The molecule has 0 bridgehead atoms. The monoisotopic (exact) mass is 408 g/mol. The number of alkyl halides is 1. The molecule has 0 radical (unpaired) electrons. The fourth-order valence-electron chi connectivity index (χ4n) is 5.32. The SMILES string of the molecule is C=C/C=C(\C=C(\F)CC1CCC(C2CCC(CF)CC2)CC1)C1OCC(C)CO1. The van der Waals surface area contributed by atoms with Crippen LogP contribution in [0.25, 0.3) is 0 Å². The van der Waals surface area contributed by atoms with Crippen LogP contribution in [0.2, 0.25) is 0 Å². The van der Waals surface area contributed by atoms with E-state index in [-0.39, 0.29) is 12.5 Å². The van der Waals surface area contributed by atoms with Crippen molar-refractivity contribution in [3.63, 3.8) is 0 Å². The molecule has 29 heavy (non-hydrogen) atoms. The van der Waals surface area contributed by atoms with Gasteiger partial charge in [0, 0.05) is 17.9 Å². The Hall–Kier alpha value is -1.00. The number of ether oxygens (including phenoxy) is 2. The molecule has 0 aromatic carbocycles. The molecule has 1 aliphatic heterocycles. The van der Waals surface area contributed by atoms with Crippen LogP contribution in [-0.2, 0) is 9.47 Å². The normalized spacial score (nSPS) is 37.3. The minimum Gasteiger partial charge on any atom is -0.348 e. The number of hydrogen-bond donors (Lipinski definition) is 0. The first-order chi connectivity index (χ1) is 14.1. The lowest BCUT2D eigenvalue weighted by molar-refractivity contribution is -0.175. The van der Waals surface area contributed by atoms with Gasteiger partial charge in [0.15, 0.2) is 6.29 Å². The lowest BCUT2D eigenvalue weighted by Gasteiger charge is -2.37. The topological polar surface area (TPSA) is 18.5 Å². The maximum Gasteiger partial charge on any atom is 0.183 e. The quantitative estimate of drug-likeness (QED) is 0.425. The number of rotatable bonds is 7. The van der Waals surface area contributed by atoms with Crippen LogP contribution in [0.4, 0.5) is 8.78 Å². The first kappa shape index (κ1) is 22.7. The van der Waals surface area contributed by atoms with Crippen molar-refractivity contribution in [3.05, 3.63) is 36.2 Å². The van der Waals surface area contributed by atoms with Gasteiger partial charge >= 0.3 is 0 Å². The van der Waals surface area contributed by atoms with Crippen molar-refractivity contribution in [3.8, 4) is 0 Å². The first-order valence-electron chi connectivity index (χ1n) is 11.6. The third kappa shape index (κ3) is 6.75. The summed E-state index contributed by atoms with van der Waals surface area (Å²) >= 11 is 0. The Bertz CT molecular complexity index is 561. The summed E-state index contributed by atoms with van der Waals surface area (Å²) in [6, 6.07) is 0. The minimum atomic E-state index is -0.495. The van der Waals surface area contributed by atoms with Gasteiger partial charge in [-0.3, -0.25) is 4.39 Å². The van der Waals surface area contributed by atoms with Crippen molar-refractivity contribution in [2.75, 3.05) is 19.9 Å². The fraction of sp³-hybridized carbons (Fsp3) is 0.760.